The maximum atomic E-state index is 12.2. The van der Waals surface area contributed by atoms with Crippen LogP contribution in [0.15, 0.2) is 0 Å². The van der Waals surface area contributed by atoms with Crippen molar-refractivity contribution in [3.63, 3.8) is 0 Å². The first-order valence-electron chi connectivity index (χ1n) is 8.55. The molecule has 0 saturated carbocycles. The number of nitrogens with zero attached hydrogens (tertiary/aromatic N) is 1. The Balaban J connectivity index is 2.64. The summed E-state index contributed by atoms with van der Waals surface area (Å²) in [6.07, 6.45) is 1.45. The second-order valence-corrected chi connectivity index (χ2v) is 7.51. The van der Waals surface area contributed by atoms with Crippen LogP contribution in [0.25, 0.3) is 0 Å². The number of carbonyl (C=O) groups is 1. The molecule has 1 amide bonds. The Morgan fingerprint density at radius 1 is 1.26 bits per heavy atom. The molecule has 6 heteroatoms. The fraction of sp³-hybridized carbons (Fsp3) is 0.941. The molecule has 1 unspecified atom stereocenters. The molecule has 2 N–H and O–H groups in total. The van der Waals surface area contributed by atoms with Crippen LogP contribution in [0, 0.1) is 5.41 Å². The van der Waals surface area contributed by atoms with Crippen molar-refractivity contribution in [1.82, 2.24) is 10.2 Å². The van der Waals surface area contributed by atoms with Crippen LogP contribution < -0.4 is 5.32 Å². The smallest absolute Gasteiger partial charge is 0.410 e. The summed E-state index contributed by atoms with van der Waals surface area (Å²) < 4.78 is 11.0. The monoisotopic (exact) mass is 330 g/mol. The summed E-state index contributed by atoms with van der Waals surface area (Å²) in [6, 6.07) is 0.0524. The summed E-state index contributed by atoms with van der Waals surface area (Å²) >= 11 is 0. The highest BCUT2D eigenvalue weighted by Crippen LogP contribution is 2.25. The Hall–Kier alpha value is -0.850. The number of hydrogen-bond acceptors (Lipinski definition) is 5. The van der Waals surface area contributed by atoms with Gasteiger partial charge in [0.25, 0.3) is 0 Å². The SMILES string of the molecule is CCC(CC)(CO)CNC1CN(C(=O)OC(C)(C)C)C[C@@H]1OC. The number of aliphatic hydroxyl groups is 1. The lowest BCUT2D eigenvalue weighted by molar-refractivity contribution is 0.0252. The van der Waals surface area contributed by atoms with Crippen LogP contribution in [0.1, 0.15) is 47.5 Å². The fourth-order valence-electron chi connectivity index (χ4n) is 2.81. The van der Waals surface area contributed by atoms with Crippen molar-refractivity contribution in [2.75, 3.05) is 33.4 Å². The van der Waals surface area contributed by atoms with E-state index in [4.69, 9.17) is 9.47 Å². The van der Waals surface area contributed by atoms with E-state index in [1.54, 1.807) is 12.0 Å². The number of amides is 1. The van der Waals surface area contributed by atoms with Crippen LogP contribution in [-0.4, -0.2) is 67.2 Å². The van der Waals surface area contributed by atoms with Crippen LogP contribution in [-0.2, 0) is 9.47 Å². The third-order valence-corrected chi connectivity index (χ3v) is 4.80. The Labute approximate surface area is 140 Å². The van der Waals surface area contributed by atoms with Gasteiger partial charge < -0.3 is 24.8 Å². The lowest BCUT2D eigenvalue weighted by Crippen LogP contribution is -2.47. The molecule has 1 saturated heterocycles. The zero-order valence-electron chi connectivity index (χ0n) is 15.5. The van der Waals surface area contributed by atoms with E-state index in [9.17, 15) is 9.90 Å². The summed E-state index contributed by atoms with van der Waals surface area (Å²) in [5.74, 6) is 0. The first-order chi connectivity index (χ1) is 10.7. The van der Waals surface area contributed by atoms with E-state index in [2.05, 4.69) is 19.2 Å². The Bertz CT molecular complexity index is 369. The number of likely N-dealkylation sites (tertiary alicyclic amines) is 1. The van der Waals surface area contributed by atoms with E-state index < -0.39 is 5.60 Å². The lowest BCUT2D eigenvalue weighted by Gasteiger charge is -2.32. The van der Waals surface area contributed by atoms with Gasteiger partial charge in [0.1, 0.15) is 5.60 Å². The third kappa shape index (κ3) is 5.62. The maximum Gasteiger partial charge on any atom is 0.410 e. The molecule has 1 aliphatic heterocycles. The minimum atomic E-state index is -0.498. The molecular weight excluding hydrogens is 296 g/mol. The Kier molecular flexibility index (Phi) is 7.29. The van der Waals surface area contributed by atoms with Gasteiger partial charge in [-0.05, 0) is 33.6 Å². The molecule has 0 radical (unpaired) electrons. The summed E-state index contributed by atoms with van der Waals surface area (Å²) in [7, 11) is 1.66. The summed E-state index contributed by atoms with van der Waals surface area (Å²) in [4.78, 5) is 13.9. The average molecular weight is 330 g/mol. The summed E-state index contributed by atoms with van der Waals surface area (Å²) in [6.45, 7) is 11.7. The molecule has 0 spiro atoms. The van der Waals surface area contributed by atoms with Gasteiger partial charge in [-0.2, -0.15) is 0 Å². The van der Waals surface area contributed by atoms with Gasteiger partial charge in [-0.3, -0.25) is 0 Å². The Morgan fingerprint density at radius 3 is 2.30 bits per heavy atom. The predicted molar refractivity (Wildman–Crippen MR) is 90.5 cm³/mol. The van der Waals surface area contributed by atoms with Crippen LogP contribution in [0.3, 0.4) is 0 Å². The largest absolute Gasteiger partial charge is 0.444 e. The highest BCUT2D eigenvalue weighted by molar-refractivity contribution is 5.68. The third-order valence-electron chi connectivity index (χ3n) is 4.80. The van der Waals surface area contributed by atoms with Crippen LogP contribution >= 0.6 is 0 Å². The number of nitrogens with one attached hydrogen (secondary N) is 1. The normalized spacial score (nSPS) is 22.5. The topological polar surface area (TPSA) is 71.0 Å². The van der Waals surface area contributed by atoms with E-state index in [0.717, 1.165) is 12.8 Å². The van der Waals surface area contributed by atoms with Crippen molar-refractivity contribution >= 4 is 6.09 Å². The molecular formula is C17H34N2O4. The fourth-order valence-corrected chi connectivity index (χ4v) is 2.81. The maximum absolute atomic E-state index is 12.2. The quantitative estimate of drug-likeness (QED) is 0.747. The van der Waals surface area contributed by atoms with E-state index in [0.29, 0.717) is 19.6 Å². The Morgan fingerprint density at radius 2 is 1.87 bits per heavy atom. The van der Waals surface area contributed by atoms with Gasteiger partial charge in [0.15, 0.2) is 0 Å². The molecule has 1 heterocycles. The number of aliphatic hydroxyl groups excluding tert-OH is 1. The van der Waals surface area contributed by atoms with Crippen LogP contribution in [0.5, 0.6) is 0 Å². The molecule has 1 rings (SSSR count). The minimum Gasteiger partial charge on any atom is -0.444 e. The van der Waals surface area contributed by atoms with Gasteiger partial charge in [-0.1, -0.05) is 13.8 Å². The lowest BCUT2D eigenvalue weighted by atomic mass is 9.83. The molecule has 136 valence electrons. The average Bonchev–Trinajstić information content (AvgIpc) is 2.91. The second kappa shape index (κ2) is 8.31. The minimum absolute atomic E-state index is 0.0524. The van der Waals surface area contributed by atoms with E-state index in [1.165, 1.54) is 0 Å². The van der Waals surface area contributed by atoms with Gasteiger partial charge >= 0.3 is 6.09 Å². The number of hydrogen-bond donors (Lipinski definition) is 2. The van der Waals surface area contributed by atoms with Gasteiger partial charge in [0, 0.05) is 32.2 Å². The van der Waals surface area contributed by atoms with Crippen LogP contribution in [0.4, 0.5) is 4.79 Å². The van der Waals surface area contributed by atoms with E-state index >= 15 is 0 Å². The first-order valence-corrected chi connectivity index (χ1v) is 8.55. The molecule has 0 aliphatic carbocycles. The molecule has 0 bridgehead atoms. The molecule has 23 heavy (non-hydrogen) atoms. The zero-order valence-corrected chi connectivity index (χ0v) is 15.5. The molecule has 0 aromatic rings. The van der Waals surface area contributed by atoms with E-state index in [1.807, 2.05) is 20.8 Å². The van der Waals surface area contributed by atoms with Gasteiger partial charge in [-0.15, -0.1) is 0 Å². The van der Waals surface area contributed by atoms with Gasteiger partial charge in [0.2, 0.25) is 0 Å². The second-order valence-electron chi connectivity index (χ2n) is 7.51. The van der Waals surface area contributed by atoms with Gasteiger partial charge in [0.05, 0.1) is 18.7 Å². The number of methoxy groups -OCH3 is 1. The standard InChI is InChI=1S/C17H34N2O4/c1-7-17(8-2,12-20)11-18-13-9-19(10-14(13)22-6)15(21)23-16(3,4)5/h13-14,18,20H,7-12H2,1-6H3/t13?,14-/m0/s1. The molecule has 2 atom stereocenters. The zero-order chi connectivity index (χ0) is 17.7. The molecule has 0 aromatic heterocycles. The molecule has 0 aromatic carbocycles. The van der Waals surface area contributed by atoms with Crippen LogP contribution in [0.2, 0.25) is 0 Å². The number of rotatable bonds is 7. The first kappa shape index (κ1) is 20.2. The van der Waals surface area contributed by atoms with Crippen molar-refractivity contribution in [3.8, 4) is 0 Å². The van der Waals surface area contributed by atoms with Crippen molar-refractivity contribution in [1.29, 1.82) is 0 Å². The summed E-state index contributed by atoms with van der Waals surface area (Å²) in [5, 5.41) is 13.2. The highest BCUT2D eigenvalue weighted by Gasteiger charge is 2.38. The predicted octanol–water partition coefficient (Wildman–Crippen LogP) is 2.01. The number of carbonyl (C=O) groups excluding carboxylic acids is 1. The number of ether oxygens (including phenoxy) is 2. The summed E-state index contributed by atoms with van der Waals surface area (Å²) in [5.41, 5.74) is -0.612. The molecule has 1 fully saturated rings. The molecule has 6 nitrogen and oxygen atoms in total. The van der Waals surface area contributed by atoms with Crippen molar-refractivity contribution < 1.29 is 19.4 Å². The van der Waals surface area contributed by atoms with E-state index in [-0.39, 0.29) is 30.3 Å². The molecule has 1 aliphatic rings. The van der Waals surface area contributed by atoms with Gasteiger partial charge in [-0.25, -0.2) is 4.79 Å². The highest BCUT2D eigenvalue weighted by atomic mass is 16.6. The van der Waals surface area contributed by atoms with Crippen molar-refractivity contribution in [3.05, 3.63) is 0 Å². The van der Waals surface area contributed by atoms with Crippen molar-refractivity contribution in [2.24, 2.45) is 5.41 Å². The van der Waals surface area contributed by atoms with Crippen molar-refractivity contribution in [2.45, 2.75) is 65.2 Å².